The third kappa shape index (κ3) is 4.82. The Hall–Kier alpha value is -3.48. The van der Waals surface area contributed by atoms with Crippen LogP contribution in [0.15, 0.2) is 65.3 Å². The Morgan fingerprint density at radius 3 is 2.50 bits per heavy atom. The molecule has 0 saturated heterocycles. The predicted octanol–water partition coefficient (Wildman–Crippen LogP) is 3.64. The van der Waals surface area contributed by atoms with E-state index in [1.165, 1.54) is 12.1 Å². The predicted molar refractivity (Wildman–Crippen MR) is 104 cm³/mol. The van der Waals surface area contributed by atoms with Crippen molar-refractivity contribution in [1.82, 2.24) is 10.3 Å². The maximum absolute atomic E-state index is 12.3. The van der Waals surface area contributed by atoms with Gasteiger partial charge in [-0.05, 0) is 17.5 Å². The SMILES string of the molecule is CCc1coc(C(CNC(=O)Cc2ccccc2)c2ccc([N+](=O)[O-])cc2)n1. The van der Waals surface area contributed by atoms with Crippen molar-refractivity contribution in [3.05, 3.63) is 93.7 Å². The highest BCUT2D eigenvalue weighted by atomic mass is 16.6. The number of hydrogen-bond donors (Lipinski definition) is 1. The van der Waals surface area contributed by atoms with Crippen molar-refractivity contribution in [1.29, 1.82) is 0 Å². The van der Waals surface area contributed by atoms with Gasteiger partial charge in [-0.3, -0.25) is 14.9 Å². The summed E-state index contributed by atoms with van der Waals surface area (Å²) in [5.74, 6) is 0.0342. The number of rotatable bonds is 8. The molecule has 2 aromatic carbocycles. The number of amides is 1. The van der Waals surface area contributed by atoms with Crippen LogP contribution in [0.25, 0.3) is 0 Å². The summed E-state index contributed by atoms with van der Waals surface area (Å²) in [4.78, 5) is 27.3. The summed E-state index contributed by atoms with van der Waals surface area (Å²) in [6.07, 6.45) is 2.61. The number of nitrogens with one attached hydrogen (secondary N) is 1. The molecule has 28 heavy (non-hydrogen) atoms. The minimum atomic E-state index is -0.444. The standard InChI is InChI=1S/C21H21N3O4/c1-2-17-14-28-21(23-17)19(16-8-10-18(11-9-16)24(26)27)13-22-20(25)12-15-6-4-3-5-7-15/h3-11,14,19H,2,12-13H2,1H3,(H,22,25). The van der Waals surface area contributed by atoms with Crippen molar-refractivity contribution in [3.63, 3.8) is 0 Å². The van der Waals surface area contributed by atoms with Crippen LogP contribution in [0.5, 0.6) is 0 Å². The molecule has 1 atom stereocenters. The second-order valence-electron chi connectivity index (χ2n) is 6.40. The number of non-ortho nitro benzene ring substituents is 1. The molecule has 1 heterocycles. The Morgan fingerprint density at radius 2 is 1.89 bits per heavy atom. The van der Waals surface area contributed by atoms with Crippen molar-refractivity contribution in [2.75, 3.05) is 6.54 Å². The van der Waals surface area contributed by atoms with Gasteiger partial charge in [-0.1, -0.05) is 49.4 Å². The first-order valence-corrected chi connectivity index (χ1v) is 9.06. The van der Waals surface area contributed by atoms with Gasteiger partial charge in [-0.25, -0.2) is 4.98 Å². The topological polar surface area (TPSA) is 98.3 Å². The highest BCUT2D eigenvalue weighted by Crippen LogP contribution is 2.25. The number of nitrogens with zero attached hydrogens (tertiary/aromatic N) is 2. The molecule has 7 heteroatoms. The number of benzene rings is 2. The van der Waals surface area contributed by atoms with Gasteiger partial charge in [-0.15, -0.1) is 0 Å². The van der Waals surface area contributed by atoms with E-state index in [4.69, 9.17) is 4.42 Å². The van der Waals surface area contributed by atoms with Crippen LogP contribution in [0.1, 0.15) is 35.6 Å². The molecule has 0 radical (unpaired) electrons. The maximum Gasteiger partial charge on any atom is 0.269 e. The van der Waals surface area contributed by atoms with E-state index in [1.807, 2.05) is 37.3 Å². The Bertz CT molecular complexity index is 936. The average molecular weight is 379 g/mol. The molecule has 3 aromatic rings. The van der Waals surface area contributed by atoms with Crippen LogP contribution in [0.4, 0.5) is 5.69 Å². The van der Waals surface area contributed by atoms with Crippen molar-refractivity contribution < 1.29 is 14.1 Å². The number of carbonyl (C=O) groups is 1. The fourth-order valence-electron chi connectivity index (χ4n) is 2.88. The third-order valence-corrected chi connectivity index (χ3v) is 4.45. The molecule has 0 aliphatic heterocycles. The maximum atomic E-state index is 12.3. The van der Waals surface area contributed by atoms with Gasteiger partial charge in [0.2, 0.25) is 11.8 Å². The van der Waals surface area contributed by atoms with Crippen LogP contribution >= 0.6 is 0 Å². The lowest BCUT2D eigenvalue weighted by atomic mass is 9.98. The van der Waals surface area contributed by atoms with E-state index >= 15 is 0 Å². The van der Waals surface area contributed by atoms with Gasteiger partial charge < -0.3 is 9.73 Å². The summed E-state index contributed by atoms with van der Waals surface area (Å²) in [5, 5.41) is 13.8. The number of aryl methyl sites for hydroxylation is 1. The van der Waals surface area contributed by atoms with Crippen LogP contribution in [0.3, 0.4) is 0 Å². The van der Waals surface area contributed by atoms with Crippen molar-refractivity contribution >= 4 is 11.6 Å². The van der Waals surface area contributed by atoms with Crippen LogP contribution in [-0.4, -0.2) is 22.4 Å². The second-order valence-corrected chi connectivity index (χ2v) is 6.40. The largest absolute Gasteiger partial charge is 0.448 e. The van der Waals surface area contributed by atoms with E-state index in [0.29, 0.717) is 5.89 Å². The summed E-state index contributed by atoms with van der Waals surface area (Å²) in [5.41, 5.74) is 2.54. The Balaban J connectivity index is 1.76. The smallest absolute Gasteiger partial charge is 0.269 e. The number of hydrogen-bond acceptors (Lipinski definition) is 5. The van der Waals surface area contributed by atoms with Gasteiger partial charge in [0.05, 0.1) is 23.0 Å². The van der Waals surface area contributed by atoms with Gasteiger partial charge in [0.25, 0.3) is 5.69 Å². The van der Waals surface area contributed by atoms with Crippen molar-refractivity contribution in [2.45, 2.75) is 25.7 Å². The summed E-state index contributed by atoms with van der Waals surface area (Å²) in [6, 6.07) is 15.7. The van der Waals surface area contributed by atoms with E-state index in [-0.39, 0.29) is 30.5 Å². The Kier molecular flexibility index (Phi) is 6.16. The first kappa shape index (κ1) is 19.3. The molecule has 0 saturated carbocycles. The molecule has 0 fully saturated rings. The normalized spacial score (nSPS) is 11.8. The lowest BCUT2D eigenvalue weighted by Crippen LogP contribution is -2.30. The lowest BCUT2D eigenvalue weighted by molar-refractivity contribution is -0.384. The fourth-order valence-corrected chi connectivity index (χ4v) is 2.88. The zero-order valence-electron chi connectivity index (χ0n) is 15.5. The molecular weight excluding hydrogens is 358 g/mol. The van der Waals surface area contributed by atoms with Crippen LogP contribution < -0.4 is 5.32 Å². The van der Waals surface area contributed by atoms with Gasteiger partial charge >= 0.3 is 0 Å². The third-order valence-electron chi connectivity index (χ3n) is 4.45. The second kappa shape index (κ2) is 8.94. The van der Waals surface area contributed by atoms with Crippen molar-refractivity contribution in [2.24, 2.45) is 0 Å². The molecule has 1 N–H and O–H groups in total. The summed E-state index contributed by atoms with van der Waals surface area (Å²) >= 11 is 0. The van der Waals surface area contributed by atoms with Crippen LogP contribution in [-0.2, 0) is 17.6 Å². The Labute approximate surface area is 162 Å². The summed E-state index contributed by atoms with van der Waals surface area (Å²) in [7, 11) is 0. The van der Waals surface area contributed by atoms with E-state index in [1.54, 1.807) is 18.4 Å². The molecular formula is C21H21N3O4. The van der Waals surface area contributed by atoms with Gasteiger partial charge in [0.1, 0.15) is 6.26 Å². The monoisotopic (exact) mass is 379 g/mol. The highest BCUT2D eigenvalue weighted by Gasteiger charge is 2.21. The molecule has 0 bridgehead atoms. The van der Waals surface area contributed by atoms with E-state index in [0.717, 1.165) is 23.2 Å². The fraction of sp³-hybridized carbons (Fsp3) is 0.238. The zero-order chi connectivity index (χ0) is 19.9. The van der Waals surface area contributed by atoms with E-state index < -0.39 is 4.92 Å². The van der Waals surface area contributed by atoms with Gasteiger partial charge in [-0.2, -0.15) is 0 Å². The number of aromatic nitrogens is 1. The number of nitro groups is 1. The van der Waals surface area contributed by atoms with Gasteiger partial charge in [0, 0.05) is 18.7 Å². The minimum absolute atomic E-state index is 0.0114. The summed E-state index contributed by atoms with van der Waals surface area (Å²) < 4.78 is 5.60. The van der Waals surface area contributed by atoms with Crippen LogP contribution in [0.2, 0.25) is 0 Å². The molecule has 0 aliphatic carbocycles. The molecule has 3 rings (SSSR count). The zero-order valence-corrected chi connectivity index (χ0v) is 15.5. The number of oxazole rings is 1. The molecule has 7 nitrogen and oxygen atoms in total. The average Bonchev–Trinajstić information content (AvgIpc) is 3.18. The molecule has 1 aromatic heterocycles. The first-order chi connectivity index (χ1) is 13.6. The van der Waals surface area contributed by atoms with E-state index in [9.17, 15) is 14.9 Å². The van der Waals surface area contributed by atoms with Crippen LogP contribution in [0, 0.1) is 10.1 Å². The molecule has 144 valence electrons. The summed E-state index contributed by atoms with van der Waals surface area (Å²) in [6.45, 7) is 2.26. The molecule has 1 unspecified atom stereocenters. The first-order valence-electron chi connectivity index (χ1n) is 9.06. The molecule has 1 amide bonds. The molecule has 0 spiro atoms. The Morgan fingerprint density at radius 1 is 1.18 bits per heavy atom. The number of carbonyl (C=O) groups excluding carboxylic acids is 1. The van der Waals surface area contributed by atoms with Gasteiger partial charge in [0.15, 0.2) is 0 Å². The lowest BCUT2D eigenvalue weighted by Gasteiger charge is -2.15. The number of nitro benzene ring substituents is 1. The van der Waals surface area contributed by atoms with Crippen molar-refractivity contribution in [3.8, 4) is 0 Å². The minimum Gasteiger partial charge on any atom is -0.448 e. The highest BCUT2D eigenvalue weighted by molar-refractivity contribution is 5.78. The molecule has 0 aliphatic rings. The van der Waals surface area contributed by atoms with E-state index in [2.05, 4.69) is 10.3 Å². The quantitative estimate of drug-likeness (QED) is 0.476.